The van der Waals surface area contributed by atoms with Crippen LogP contribution in [0.5, 0.6) is 0 Å². The van der Waals surface area contributed by atoms with Crippen LogP contribution in [-0.4, -0.2) is 33.3 Å². The summed E-state index contributed by atoms with van der Waals surface area (Å²) in [6.45, 7) is 10.1. The Bertz CT molecular complexity index is 652. The van der Waals surface area contributed by atoms with Gasteiger partial charge in [0.15, 0.2) is 0 Å². The number of aromatic nitrogens is 2. The molecule has 2 rings (SSSR count). The van der Waals surface area contributed by atoms with Gasteiger partial charge >= 0.3 is 0 Å². The maximum atomic E-state index is 13.2. The highest BCUT2D eigenvalue weighted by molar-refractivity contribution is 5.94. The third-order valence-corrected chi connectivity index (χ3v) is 4.24. The molecule has 0 fully saturated rings. The first kappa shape index (κ1) is 17.5. The van der Waals surface area contributed by atoms with Crippen LogP contribution in [0, 0.1) is 6.92 Å². The van der Waals surface area contributed by atoms with Crippen LogP contribution >= 0.6 is 0 Å². The number of nitrogens with zero attached hydrogens (tertiary/aromatic N) is 3. The van der Waals surface area contributed by atoms with Gasteiger partial charge in [-0.2, -0.15) is 0 Å². The molecule has 0 aliphatic heterocycles. The maximum Gasteiger partial charge on any atom is 0.272 e. The number of rotatable bonds is 8. The summed E-state index contributed by atoms with van der Waals surface area (Å²) in [5.74, 6) is 0.125. The number of pyridine rings is 1. The van der Waals surface area contributed by atoms with Crippen molar-refractivity contribution >= 4 is 11.6 Å². The van der Waals surface area contributed by atoms with E-state index in [1.807, 2.05) is 27.6 Å². The molecule has 4 heteroatoms. The van der Waals surface area contributed by atoms with Gasteiger partial charge < -0.3 is 4.90 Å². The van der Waals surface area contributed by atoms with E-state index in [2.05, 4.69) is 32.7 Å². The number of carbonyl (C=O) groups excluding carboxylic acids is 1. The molecule has 0 saturated carbocycles. The Hall–Kier alpha value is -1.84. The molecule has 2 heterocycles. The normalized spacial score (nSPS) is 11.1. The zero-order chi connectivity index (χ0) is 16.8. The summed E-state index contributed by atoms with van der Waals surface area (Å²) in [4.78, 5) is 19.8. The smallest absolute Gasteiger partial charge is 0.272 e. The molecule has 0 spiro atoms. The summed E-state index contributed by atoms with van der Waals surface area (Å²) in [6, 6.07) is 4.08. The topological polar surface area (TPSA) is 37.6 Å². The van der Waals surface area contributed by atoms with Crippen molar-refractivity contribution in [3.63, 3.8) is 0 Å². The molecule has 0 N–H and O–H groups in total. The number of imidazole rings is 1. The van der Waals surface area contributed by atoms with Crippen LogP contribution in [0.3, 0.4) is 0 Å². The van der Waals surface area contributed by atoms with Crippen molar-refractivity contribution in [2.24, 2.45) is 0 Å². The van der Waals surface area contributed by atoms with Crippen molar-refractivity contribution in [1.82, 2.24) is 14.3 Å². The zero-order valence-corrected chi connectivity index (χ0v) is 14.9. The number of carbonyl (C=O) groups is 1. The highest BCUT2D eigenvalue weighted by Gasteiger charge is 2.23. The molecular weight excluding hydrogens is 286 g/mol. The summed E-state index contributed by atoms with van der Waals surface area (Å²) >= 11 is 0. The highest BCUT2D eigenvalue weighted by atomic mass is 16.2. The summed E-state index contributed by atoms with van der Waals surface area (Å²) in [5.41, 5.74) is 3.68. The molecule has 0 aliphatic rings. The lowest BCUT2D eigenvalue weighted by atomic mass is 10.2. The third kappa shape index (κ3) is 3.92. The highest BCUT2D eigenvalue weighted by Crippen LogP contribution is 2.18. The molecule has 23 heavy (non-hydrogen) atoms. The van der Waals surface area contributed by atoms with Gasteiger partial charge in [0.1, 0.15) is 11.3 Å². The molecule has 0 aromatic carbocycles. The fourth-order valence-corrected chi connectivity index (χ4v) is 2.83. The number of hydrogen-bond acceptors (Lipinski definition) is 2. The molecule has 4 nitrogen and oxygen atoms in total. The monoisotopic (exact) mass is 315 g/mol. The fraction of sp³-hybridized carbons (Fsp3) is 0.579. The van der Waals surface area contributed by atoms with Crippen LogP contribution in [0.4, 0.5) is 0 Å². The average Bonchev–Trinajstić information content (AvgIpc) is 2.91. The van der Waals surface area contributed by atoms with Crippen LogP contribution in [-0.2, 0) is 6.42 Å². The molecule has 0 bridgehead atoms. The van der Waals surface area contributed by atoms with E-state index in [1.54, 1.807) is 0 Å². The van der Waals surface area contributed by atoms with Crippen LogP contribution in [0.25, 0.3) is 5.65 Å². The lowest BCUT2D eigenvalue weighted by Gasteiger charge is -2.22. The number of fused-ring (bicyclic) bond motifs is 1. The fourth-order valence-electron chi connectivity index (χ4n) is 2.83. The predicted molar refractivity (Wildman–Crippen MR) is 95.0 cm³/mol. The van der Waals surface area contributed by atoms with Gasteiger partial charge in [-0.25, -0.2) is 4.98 Å². The summed E-state index contributed by atoms with van der Waals surface area (Å²) in [5, 5.41) is 0. The lowest BCUT2D eigenvalue weighted by molar-refractivity contribution is 0.0743. The van der Waals surface area contributed by atoms with Gasteiger partial charge in [0.25, 0.3) is 5.91 Å². The minimum absolute atomic E-state index is 0.125. The number of hydrogen-bond donors (Lipinski definition) is 0. The van der Waals surface area contributed by atoms with Gasteiger partial charge in [0, 0.05) is 19.3 Å². The van der Waals surface area contributed by atoms with Gasteiger partial charge in [-0.3, -0.25) is 9.20 Å². The van der Waals surface area contributed by atoms with Crippen molar-refractivity contribution in [3.05, 3.63) is 35.3 Å². The number of amides is 1. The van der Waals surface area contributed by atoms with Crippen molar-refractivity contribution in [1.29, 1.82) is 0 Å². The molecule has 2 aromatic heterocycles. The maximum absolute atomic E-state index is 13.2. The molecule has 0 atom stereocenters. The van der Waals surface area contributed by atoms with Crippen molar-refractivity contribution in [3.8, 4) is 0 Å². The molecule has 0 saturated heterocycles. The average molecular weight is 315 g/mol. The largest absolute Gasteiger partial charge is 0.337 e. The summed E-state index contributed by atoms with van der Waals surface area (Å²) < 4.78 is 1.96. The van der Waals surface area contributed by atoms with E-state index < -0.39 is 0 Å². The second kappa shape index (κ2) is 8.14. The minimum atomic E-state index is 0.125. The van der Waals surface area contributed by atoms with Gasteiger partial charge in [-0.05, 0) is 43.9 Å². The Kier molecular flexibility index (Phi) is 6.20. The third-order valence-electron chi connectivity index (χ3n) is 4.24. The molecule has 1 amide bonds. The molecule has 0 unspecified atom stereocenters. The standard InChI is InChI=1S/C19H29N3O/c1-5-8-11-21(12-9-6-2)19(23)18-16(7-3)20-17-14-15(4)10-13-22(17)18/h10,13-14H,5-9,11-12H2,1-4H3. The number of unbranched alkanes of at least 4 members (excludes halogenated alkanes) is 2. The first-order valence-corrected chi connectivity index (χ1v) is 8.89. The quantitative estimate of drug-likeness (QED) is 0.730. The Morgan fingerprint density at radius 2 is 1.83 bits per heavy atom. The number of aryl methyl sites for hydroxylation is 2. The van der Waals surface area contributed by atoms with E-state index in [-0.39, 0.29) is 5.91 Å². The molecule has 2 aromatic rings. The van der Waals surface area contributed by atoms with E-state index in [1.165, 1.54) is 0 Å². The lowest BCUT2D eigenvalue weighted by Crippen LogP contribution is -2.34. The van der Waals surface area contributed by atoms with Gasteiger partial charge in [0.2, 0.25) is 0 Å². The van der Waals surface area contributed by atoms with Gasteiger partial charge in [0.05, 0.1) is 5.69 Å². The predicted octanol–water partition coefficient (Wildman–Crippen LogP) is 4.25. The van der Waals surface area contributed by atoms with Gasteiger partial charge in [-0.15, -0.1) is 0 Å². The van der Waals surface area contributed by atoms with Crippen molar-refractivity contribution in [2.45, 2.75) is 59.8 Å². The van der Waals surface area contributed by atoms with Crippen LogP contribution in [0.15, 0.2) is 18.3 Å². The van der Waals surface area contributed by atoms with Crippen molar-refractivity contribution < 1.29 is 4.79 Å². The Balaban J connectivity index is 2.40. The second-order valence-electron chi connectivity index (χ2n) is 6.19. The minimum Gasteiger partial charge on any atom is -0.337 e. The van der Waals surface area contributed by atoms with Crippen LogP contribution in [0.1, 0.15) is 68.2 Å². The Morgan fingerprint density at radius 1 is 1.17 bits per heavy atom. The molecular formula is C19H29N3O. The first-order chi connectivity index (χ1) is 11.1. The molecule has 0 aliphatic carbocycles. The van der Waals surface area contributed by atoms with E-state index in [0.717, 1.165) is 67.8 Å². The van der Waals surface area contributed by atoms with Crippen LogP contribution < -0.4 is 0 Å². The molecule has 126 valence electrons. The Morgan fingerprint density at radius 3 is 2.39 bits per heavy atom. The second-order valence-corrected chi connectivity index (χ2v) is 6.19. The van der Waals surface area contributed by atoms with Crippen molar-refractivity contribution in [2.75, 3.05) is 13.1 Å². The van der Waals surface area contributed by atoms with E-state index in [0.29, 0.717) is 0 Å². The zero-order valence-electron chi connectivity index (χ0n) is 14.9. The first-order valence-electron chi connectivity index (χ1n) is 8.89. The van der Waals surface area contributed by atoms with E-state index in [9.17, 15) is 4.79 Å². The Labute approximate surface area is 139 Å². The van der Waals surface area contributed by atoms with Crippen LogP contribution in [0.2, 0.25) is 0 Å². The van der Waals surface area contributed by atoms with Gasteiger partial charge in [-0.1, -0.05) is 33.6 Å². The summed E-state index contributed by atoms with van der Waals surface area (Å²) in [7, 11) is 0. The van der Waals surface area contributed by atoms with E-state index in [4.69, 9.17) is 0 Å². The summed E-state index contributed by atoms with van der Waals surface area (Å²) in [6.07, 6.45) is 7.05. The van der Waals surface area contributed by atoms with E-state index >= 15 is 0 Å². The SMILES string of the molecule is CCCCN(CCCC)C(=O)c1c(CC)nc2cc(C)ccn12. The molecule has 0 radical (unpaired) electrons.